The minimum Gasteiger partial charge on any atom is -0.487 e. The lowest BCUT2D eigenvalue weighted by atomic mass is 10.0. The number of hydrogen-bond donors (Lipinski definition) is 2. The molecule has 1 unspecified atom stereocenters. The van der Waals surface area contributed by atoms with Crippen LogP contribution in [-0.4, -0.2) is 37.9 Å². The van der Waals surface area contributed by atoms with Gasteiger partial charge in [0.25, 0.3) is 22.7 Å². The monoisotopic (exact) mass is 581 g/mol. The Morgan fingerprint density at radius 1 is 0.976 bits per heavy atom. The number of benzene rings is 2. The van der Waals surface area contributed by atoms with E-state index in [0.717, 1.165) is 22.9 Å². The molecule has 2 N–H and O–H groups in total. The summed E-state index contributed by atoms with van der Waals surface area (Å²) in [5.74, 6) is -1.52. The quantitative estimate of drug-likeness (QED) is 0.128. The second-order valence-corrected chi connectivity index (χ2v) is 11.8. The third-order valence-electron chi connectivity index (χ3n) is 6.11. The number of sulfone groups is 1. The van der Waals surface area contributed by atoms with Gasteiger partial charge in [-0.3, -0.25) is 24.6 Å². The van der Waals surface area contributed by atoms with Gasteiger partial charge in [-0.1, -0.05) is 75.7 Å². The van der Waals surface area contributed by atoms with Gasteiger partial charge in [0.2, 0.25) is 0 Å². The lowest BCUT2D eigenvalue weighted by Crippen LogP contribution is -2.52. The highest BCUT2D eigenvalue weighted by Crippen LogP contribution is 2.21. The number of rotatable bonds is 14. The van der Waals surface area contributed by atoms with Gasteiger partial charge in [0.05, 0.1) is 18.0 Å². The first-order valence-electron chi connectivity index (χ1n) is 13.4. The molecule has 0 aliphatic rings. The summed E-state index contributed by atoms with van der Waals surface area (Å²) in [5, 5.41) is 4.65. The molecule has 0 saturated carbocycles. The van der Waals surface area contributed by atoms with Crippen molar-refractivity contribution in [2.45, 2.75) is 57.5 Å². The van der Waals surface area contributed by atoms with Gasteiger partial charge in [-0.25, -0.2) is 13.4 Å². The highest BCUT2D eigenvalue weighted by molar-refractivity contribution is 7.94. The van der Waals surface area contributed by atoms with Crippen molar-refractivity contribution >= 4 is 27.3 Å². The second kappa shape index (κ2) is 14.4. The molecule has 0 aliphatic carbocycles. The van der Waals surface area contributed by atoms with Crippen LogP contribution in [0.3, 0.4) is 0 Å². The maximum atomic E-state index is 13.5. The van der Waals surface area contributed by atoms with Crippen molar-refractivity contribution in [3.8, 4) is 5.75 Å². The van der Waals surface area contributed by atoms with Gasteiger partial charge in [0, 0.05) is 11.5 Å². The molecule has 0 radical (unpaired) electrons. The molecule has 3 aromatic carbocycles. The van der Waals surface area contributed by atoms with Crippen molar-refractivity contribution < 1.29 is 22.7 Å². The van der Waals surface area contributed by atoms with Gasteiger partial charge in [0.1, 0.15) is 11.7 Å². The van der Waals surface area contributed by atoms with E-state index < -0.39 is 38.6 Å². The molecule has 0 spiro atoms. The van der Waals surface area contributed by atoms with Crippen molar-refractivity contribution in [1.29, 1.82) is 0 Å². The predicted octanol–water partition coefficient (Wildman–Crippen LogP) is 3.34. The van der Waals surface area contributed by atoms with Crippen LogP contribution >= 0.6 is 0 Å². The van der Waals surface area contributed by atoms with E-state index in [1.54, 1.807) is 48.5 Å². The number of carbonyl (C=O) groups is 2. The topological polar surface area (TPSA) is 139 Å². The number of hydrazine groups is 1. The van der Waals surface area contributed by atoms with E-state index in [1.807, 2.05) is 20.8 Å². The van der Waals surface area contributed by atoms with Gasteiger partial charge in [-0.15, -0.1) is 0 Å². The summed E-state index contributed by atoms with van der Waals surface area (Å²) in [6, 6.07) is 15.5. The van der Waals surface area contributed by atoms with Gasteiger partial charge in [0.15, 0.2) is 15.6 Å². The van der Waals surface area contributed by atoms with Crippen LogP contribution in [0.5, 0.6) is 5.75 Å². The van der Waals surface area contributed by atoms with Crippen LogP contribution in [0.15, 0.2) is 86.6 Å². The summed E-state index contributed by atoms with van der Waals surface area (Å²) in [5.41, 5.74) is 1.66. The summed E-state index contributed by atoms with van der Waals surface area (Å²) < 4.78 is 30.8. The highest BCUT2D eigenvalue weighted by Gasteiger charge is 2.30. The molecule has 3 rings (SSSR count). The maximum Gasteiger partial charge on any atom is 0.272 e. The number of hydrogen-bond acceptors (Lipinski definition) is 8. The van der Waals surface area contributed by atoms with Crippen LogP contribution in [0.1, 0.15) is 45.6 Å². The van der Waals surface area contributed by atoms with Crippen LogP contribution in [0.4, 0.5) is 5.69 Å². The number of anilines is 1. The Hall–Kier alpha value is -4.25. The molecule has 1 atom stereocenters. The largest absolute Gasteiger partial charge is 0.487 e. The van der Waals surface area contributed by atoms with E-state index in [1.165, 1.54) is 12.1 Å². The Balaban J connectivity index is 1.84. The van der Waals surface area contributed by atoms with E-state index in [-0.39, 0.29) is 41.8 Å². The van der Waals surface area contributed by atoms with E-state index in [2.05, 4.69) is 10.7 Å². The zero-order valence-electron chi connectivity index (χ0n) is 23.3. The minimum atomic E-state index is -3.90. The van der Waals surface area contributed by atoms with Crippen molar-refractivity contribution in [2.24, 2.45) is 5.92 Å². The standard InChI is InChI=1S/C30H35N3O7S/c1-4-5-17-40-29-26(27(35)28(29)36)31-24(19-21(2)3)30(37)32-33(20-22-12-8-6-9-13-22)25(34)16-18-41(38,39)23-14-10-7-11-15-23/h6-16,18,21,24,31H,4-5,17,19-20H2,1-3H3,(H,32,37)/b18-16+. The van der Waals surface area contributed by atoms with Gasteiger partial charge in [-0.2, -0.15) is 0 Å². The summed E-state index contributed by atoms with van der Waals surface area (Å²) in [4.78, 5) is 51.1. The first-order chi connectivity index (χ1) is 19.5. The van der Waals surface area contributed by atoms with Crippen LogP contribution in [-0.2, 0) is 26.0 Å². The molecule has 11 heteroatoms. The van der Waals surface area contributed by atoms with Crippen molar-refractivity contribution in [3.63, 3.8) is 0 Å². The maximum absolute atomic E-state index is 13.5. The number of carbonyl (C=O) groups excluding carboxylic acids is 2. The van der Waals surface area contributed by atoms with Crippen LogP contribution in [0.25, 0.3) is 0 Å². The SMILES string of the molecule is CCCCOc1c(NC(CC(C)C)C(=O)NN(Cc2ccccc2)C(=O)/C=C/S(=O)(=O)c2ccccc2)c(=O)c1=O. The molecule has 0 heterocycles. The summed E-state index contributed by atoms with van der Waals surface area (Å²) in [7, 11) is -3.90. The summed E-state index contributed by atoms with van der Waals surface area (Å²) in [6.07, 6.45) is 2.68. The molecule has 3 aromatic rings. The van der Waals surface area contributed by atoms with Crippen LogP contribution < -0.4 is 26.3 Å². The average molecular weight is 582 g/mol. The molecule has 41 heavy (non-hydrogen) atoms. The zero-order valence-corrected chi connectivity index (χ0v) is 24.1. The molecule has 2 amide bonds. The molecular weight excluding hydrogens is 546 g/mol. The highest BCUT2D eigenvalue weighted by atomic mass is 32.2. The minimum absolute atomic E-state index is 0.00313. The second-order valence-electron chi connectivity index (χ2n) is 9.94. The molecule has 0 saturated heterocycles. The third kappa shape index (κ3) is 8.62. The van der Waals surface area contributed by atoms with E-state index >= 15 is 0 Å². The predicted molar refractivity (Wildman–Crippen MR) is 157 cm³/mol. The van der Waals surface area contributed by atoms with E-state index in [9.17, 15) is 27.6 Å². The smallest absolute Gasteiger partial charge is 0.272 e. The molecular formula is C30H35N3O7S. The Bertz CT molecular complexity index is 1530. The average Bonchev–Trinajstić information content (AvgIpc) is 2.96. The fraction of sp³-hybridized carbons (Fsp3) is 0.333. The molecule has 0 bridgehead atoms. The van der Waals surface area contributed by atoms with Gasteiger partial charge < -0.3 is 10.1 Å². The van der Waals surface area contributed by atoms with Crippen molar-refractivity contribution in [3.05, 3.63) is 98.2 Å². The summed E-state index contributed by atoms with van der Waals surface area (Å²) >= 11 is 0. The van der Waals surface area contributed by atoms with Gasteiger partial charge >= 0.3 is 0 Å². The fourth-order valence-corrected chi connectivity index (χ4v) is 4.90. The van der Waals surface area contributed by atoms with Crippen LogP contribution in [0.2, 0.25) is 0 Å². The molecule has 218 valence electrons. The van der Waals surface area contributed by atoms with Crippen LogP contribution in [0, 0.1) is 5.92 Å². The Morgan fingerprint density at radius 2 is 1.61 bits per heavy atom. The number of ether oxygens (including phenoxy) is 1. The number of unbranched alkanes of at least 4 members (excludes halogenated alkanes) is 1. The van der Waals surface area contributed by atoms with E-state index in [0.29, 0.717) is 12.0 Å². The number of nitrogens with zero attached hydrogens (tertiary/aromatic N) is 1. The molecule has 10 nitrogen and oxygen atoms in total. The fourth-order valence-electron chi connectivity index (χ4n) is 3.91. The lowest BCUT2D eigenvalue weighted by molar-refractivity contribution is -0.139. The first kappa shape index (κ1) is 31.3. The van der Waals surface area contributed by atoms with Gasteiger partial charge in [-0.05, 0) is 36.5 Å². The van der Waals surface area contributed by atoms with Crippen molar-refractivity contribution in [2.75, 3.05) is 11.9 Å². The number of amides is 2. The first-order valence-corrected chi connectivity index (χ1v) is 14.9. The van der Waals surface area contributed by atoms with Crippen molar-refractivity contribution in [1.82, 2.24) is 10.4 Å². The lowest BCUT2D eigenvalue weighted by Gasteiger charge is -2.27. The van der Waals surface area contributed by atoms with E-state index in [4.69, 9.17) is 4.74 Å². The third-order valence-corrected chi connectivity index (χ3v) is 7.53. The Morgan fingerprint density at radius 3 is 2.22 bits per heavy atom. The Kier molecular flexibility index (Phi) is 11.0. The molecule has 0 aliphatic heterocycles. The number of nitrogens with one attached hydrogen (secondary N) is 2. The molecule has 0 aromatic heterocycles. The Labute approximate surface area is 239 Å². The zero-order chi connectivity index (χ0) is 30.0. The molecule has 0 fully saturated rings. The summed E-state index contributed by atoms with van der Waals surface area (Å²) in [6.45, 7) is 5.93. The normalized spacial score (nSPS) is 12.4.